The summed E-state index contributed by atoms with van der Waals surface area (Å²) in [7, 11) is 0. The molecule has 0 unspecified atom stereocenters. The summed E-state index contributed by atoms with van der Waals surface area (Å²) >= 11 is 0. The highest BCUT2D eigenvalue weighted by atomic mass is 16.5. The van der Waals surface area contributed by atoms with E-state index < -0.39 is 17.8 Å². The molecule has 1 saturated carbocycles. The number of carboxylic acid groups (broad SMARTS) is 1. The molecule has 2 N–H and O–H groups in total. The van der Waals surface area contributed by atoms with E-state index in [0.717, 1.165) is 32.3 Å². The van der Waals surface area contributed by atoms with Crippen LogP contribution in [0.2, 0.25) is 0 Å². The van der Waals surface area contributed by atoms with Gasteiger partial charge in [-0.2, -0.15) is 0 Å². The molecule has 3 rings (SSSR count). The summed E-state index contributed by atoms with van der Waals surface area (Å²) < 4.78 is 5.48. The van der Waals surface area contributed by atoms with Crippen molar-refractivity contribution < 1.29 is 24.2 Å². The van der Waals surface area contributed by atoms with Crippen molar-refractivity contribution in [3.63, 3.8) is 0 Å². The number of amides is 2. The molecule has 1 heterocycles. The van der Waals surface area contributed by atoms with Crippen molar-refractivity contribution >= 4 is 23.5 Å². The van der Waals surface area contributed by atoms with E-state index in [9.17, 15) is 19.5 Å². The molecule has 7 heteroatoms. The fourth-order valence-corrected chi connectivity index (χ4v) is 3.78. The fraction of sp³-hybridized carbons (Fsp3) is 0.550. The maximum absolute atomic E-state index is 12.5. The second kappa shape index (κ2) is 8.99. The molecule has 1 aliphatic heterocycles. The first-order valence-electron chi connectivity index (χ1n) is 9.56. The predicted molar refractivity (Wildman–Crippen MR) is 96.8 cm³/mol. The maximum atomic E-state index is 12.5. The van der Waals surface area contributed by atoms with Gasteiger partial charge >= 0.3 is 0 Å². The molecule has 0 radical (unpaired) electrons. The van der Waals surface area contributed by atoms with Crippen molar-refractivity contribution in [2.24, 2.45) is 11.8 Å². The van der Waals surface area contributed by atoms with Crippen LogP contribution >= 0.6 is 0 Å². The van der Waals surface area contributed by atoms with Gasteiger partial charge in [0.15, 0.2) is 0 Å². The third kappa shape index (κ3) is 5.07. The van der Waals surface area contributed by atoms with Gasteiger partial charge in [-0.15, -0.1) is 0 Å². The van der Waals surface area contributed by atoms with Crippen LogP contribution in [-0.2, 0) is 14.3 Å². The highest BCUT2D eigenvalue weighted by molar-refractivity contribution is 5.97. The summed E-state index contributed by atoms with van der Waals surface area (Å²) in [5.41, 5.74) is 1.04. The Bertz CT molecular complexity index is 682. The number of rotatable bonds is 6. The highest BCUT2D eigenvalue weighted by Gasteiger charge is 2.31. The zero-order chi connectivity index (χ0) is 19.2. The lowest BCUT2D eigenvalue weighted by Crippen LogP contribution is -2.42. The van der Waals surface area contributed by atoms with Crippen LogP contribution in [0.1, 0.15) is 48.9 Å². The predicted octanol–water partition coefficient (Wildman–Crippen LogP) is 1.09. The van der Waals surface area contributed by atoms with Gasteiger partial charge in [-0.1, -0.05) is 12.8 Å². The van der Waals surface area contributed by atoms with Crippen molar-refractivity contribution in [1.29, 1.82) is 0 Å². The molecule has 27 heavy (non-hydrogen) atoms. The summed E-state index contributed by atoms with van der Waals surface area (Å²) in [6.07, 6.45) is 4.73. The minimum atomic E-state index is -1.16. The second-order valence-electron chi connectivity index (χ2n) is 7.23. The van der Waals surface area contributed by atoms with Crippen LogP contribution < -0.4 is 15.7 Å². The first-order chi connectivity index (χ1) is 13.0. The number of nitrogens with one attached hydrogen (secondary N) is 2. The van der Waals surface area contributed by atoms with Crippen LogP contribution in [0.15, 0.2) is 24.3 Å². The molecule has 2 aliphatic rings. The van der Waals surface area contributed by atoms with Gasteiger partial charge in [-0.25, -0.2) is 0 Å². The number of ether oxygens (including phenoxy) is 1. The van der Waals surface area contributed by atoms with Gasteiger partial charge in [-0.3, -0.25) is 9.59 Å². The van der Waals surface area contributed by atoms with Crippen LogP contribution in [0.25, 0.3) is 0 Å². The molecule has 1 aliphatic carbocycles. The Morgan fingerprint density at radius 3 is 2.33 bits per heavy atom. The van der Waals surface area contributed by atoms with Gasteiger partial charge in [0.05, 0.1) is 6.10 Å². The van der Waals surface area contributed by atoms with E-state index in [1.54, 1.807) is 24.3 Å². The summed E-state index contributed by atoms with van der Waals surface area (Å²) in [6.45, 7) is 1.23. The number of aliphatic carboxylic acids is 1. The van der Waals surface area contributed by atoms with Gasteiger partial charge in [0.2, 0.25) is 5.91 Å². The normalized spacial score (nSPS) is 25.0. The molecule has 1 saturated heterocycles. The number of hydrogen-bond acceptors (Lipinski definition) is 5. The van der Waals surface area contributed by atoms with Crippen molar-refractivity contribution in [2.45, 2.75) is 44.6 Å². The molecule has 0 bridgehead atoms. The molecule has 2 amide bonds. The molecular weight excluding hydrogens is 348 g/mol. The summed E-state index contributed by atoms with van der Waals surface area (Å²) in [4.78, 5) is 35.9. The lowest BCUT2D eigenvalue weighted by atomic mass is 9.78. The minimum absolute atomic E-state index is 0.0830. The molecular formula is C20H25N2O5-. The first kappa shape index (κ1) is 19.4. The van der Waals surface area contributed by atoms with Crippen LogP contribution in [0.3, 0.4) is 0 Å². The third-order valence-electron chi connectivity index (χ3n) is 5.33. The number of hydrogen-bond donors (Lipinski definition) is 2. The summed E-state index contributed by atoms with van der Waals surface area (Å²) in [5.74, 6) is -2.96. The number of carboxylic acids is 1. The Kier molecular flexibility index (Phi) is 6.45. The Labute approximate surface area is 158 Å². The molecule has 0 aromatic heterocycles. The number of carbonyl (C=O) groups is 3. The zero-order valence-electron chi connectivity index (χ0n) is 15.2. The zero-order valence-corrected chi connectivity index (χ0v) is 15.2. The van der Waals surface area contributed by atoms with E-state index in [1.165, 1.54) is 0 Å². The average Bonchev–Trinajstić information content (AvgIpc) is 3.20. The van der Waals surface area contributed by atoms with E-state index in [2.05, 4.69) is 10.6 Å². The van der Waals surface area contributed by atoms with Gasteiger partial charge in [0, 0.05) is 42.2 Å². The number of carbonyl (C=O) groups excluding carboxylic acids is 3. The molecule has 1 aromatic carbocycles. The van der Waals surface area contributed by atoms with Crippen molar-refractivity contribution in [2.75, 3.05) is 18.5 Å². The second-order valence-corrected chi connectivity index (χ2v) is 7.23. The SMILES string of the molecule is O=C(NC[C@@H]1CCCO1)c1ccc(NC(=O)[C@@H]2CCCC[C@H]2C(=O)[O-])cc1. The Morgan fingerprint density at radius 1 is 1.00 bits per heavy atom. The van der Waals surface area contributed by atoms with Crippen LogP contribution in [0.5, 0.6) is 0 Å². The molecule has 0 spiro atoms. The van der Waals surface area contributed by atoms with Gasteiger partial charge < -0.3 is 25.3 Å². The number of anilines is 1. The van der Waals surface area contributed by atoms with E-state index in [-0.39, 0.29) is 17.9 Å². The third-order valence-corrected chi connectivity index (χ3v) is 5.33. The Morgan fingerprint density at radius 2 is 1.70 bits per heavy atom. The van der Waals surface area contributed by atoms with Gasteiger partial charge in [0.1, 0.15) is 0 Å². The minimum Gasteiger partial charge on any atom is -0.550 e. The average molecular weight is 373 g/mol. The first-order valence-corrected chi connectivity index (χ1v) is 9.56. The van der Waals surface area contributed by atoms with Crippen molar-refractivity contribution in [3.8, 4) is 0 Å². The molecule has 146 valence electrons. The number of benzene rings is 1. The lowest BCUT2D eigenvalue weighted by molar-refractivity contribution is -0.313. The lowest BCUT2D eigenvalue weighted by Gasteiger charge is -2.31. The van der Waals surface area contributed by atoms with Gasteiger partial charge in [0.25, 0.3) is 5.91 Å². The van der Waals surface area contributed by atoms with E-state index in [1.807, 2.05) is 0 Å². The fourth-order valence-electron chi connectivity index (χ4n) is 3.78. The van der Waals surface area contributed by atoms with Crippen LogP contribution in [0, 0.1) is 11.8 Å². The largest absolute Gasteiger partial charge is 0.550 e. The highest BCUT2D eigenvalue weighted by Crippen LogP contribution is 2.30. The monoisotopic (exact) mass is 373 g/mol. The van der Waals surface area contributed by atoms with Gasteiger partial charge in [-0.05, 0) is 49.9 Å². The van der Waals surface area contributed by atoms with Crippen LogP contribution in [0.4, 0.5) is 5.69 Å². The van der Waals surface area contributed by atoms with Crippen LogP contribution in [-0.4, -0.2) is 37.0 Å². The Hall–Kier alpha value is -2.41. The topological polar surface area (TPSA) is 108 Å². The van der Waals surface area contributed by atoms with Crippen molar-refractivity contribution in [1.82, 2.24) is 5.32 Å². The Balaban J connectivity index is 1.54. The smallest absolute Gasteiger partial charge is 0.251 e. The molecule has 7 nitrogen and oxygen atoms in total. The van der Waals surface area contributed by atoms with E-state index in [0.29, 0.717) is 30.6 Å². The van der Waals surface area contributed by atoms with E-state index >= 15 is 0 Å². The standard InChI is InChI=1S/C20H26N2O5/c23-18(21-12-15-4-3-11-27-15)13-7-9-14(10-8-13)22-19(24)16-5-1-2-6-17(16)20(25)26/h7-10,15-17H,1-6,11-12H2,(H,21,23)(H,22,24)(H,25,26)/p-1/t15-,16+,17+/m0/s1. The summed E-state index contributed by atoms with van der Waals surface area (Å²) in [6, 6.07) is 6.57. The quantitative estimate of drug-likeness (QED) is 0.776. The molecule has 1 aromatic rings. The van der Waals surface area contributed by atoms with E-state index in [4.69, 9.17) is 4.74 Å². The molecule has 3 atom stereocenters. The molecule has 2 fully saturated rings. The maximum Gasteiger partial charge on any atom is 0.251 e. The van der Waals surface area contributed by atoms with Crippen molar-refractivity contribution in [3.05, 3.63) is 29.8 Å². The summed E-state index contributed by atoms with van der Waals surface area (Å²) in [5, 5.41) is 16.9.